The Balaban J connectivity index is 2.30. The quantitative estimate of drug-likeness (QED) is 0.422. The Hall–Kier alpha value is -0.790. The Kier molecular flexibility index (Phi) is 1.60. The second-order valence-corrected chi connectivity index (χ2v) is 5.27. The first kappa shape index (κ1) is 8.79. The van der Waals surface area contributed by atoms with Gasteiger partial charge < -0.3 is 4.74 Å². The second-order valence-electron chi connectivity index (χ2n) is 5.27. The molecule has 13 heavy (non-hydrogen) atoms. The van der Waals surface area contributed by atoms with Crippen molar-refractivity contribution in [3.63, 3.8) is 0 Å². The molecule has 0 spiro atoms. The number of carbonyl (C=O) groups is 1. The molecular weight excluding hydrogens is 164 g/mol. The predicted octanol–water partition coefficient (Wildman–Crippen LogP) is 2.29. The van der Waals surface area contributed by atoms with Crippen molar-refractivity contribution in [2.75, 3.05) is 0 Å². The minimum Gasteiger partial charge on any atom is -0.457 e. The highest BCUT2D eigenvalue weighted by atomic mass is 16.6. The molecule has 2 atom stereocenters. The molecule has 2 nitrogen and oxygen atoms in total. The van der Waals surface area contributed by atoms with Crippen LogP contribution in [-0.2, 0) is 9.53 Å². The fourth-order valence-electron chi connectivity index (χ4n) is 2.64. The molecule has 0 aromatic carbocycles. The fraction of sp³-hybridized carbons (Fsp3) is 0.727. The van der Waals surface area contributed by atoms with Gasteiger partial charge in [-0.2, -0.15) is 0 Å². The maximum absolute atomic E-state index is 11.2. The number of fused-ring (bicyclic) bond motifs is 1. The first-order valence-electron chi connectivity index (χ1n) is 4.80. The average molecular weight is 180 g/mol. The van der Waals surface area contributed by atoms with E-state index < -0.39 is 0 Å². The van der Waals surface area contributed by atoms with Crippen molar-refractivity contribution < 1.29 is 9.53 Å². The van der Waals surface area contributed by atoms with E-state index in [-0.39, 0.29) is 22.9 Å². The lowest BCUT2D eigenvalue weighted by atomic mass is 9.66. The van der Waals surface area contributed by atoms with Crippen LogP contribution in [0.2, 0.25) is 0 Å². The van der Waals surface area contributed by atoms with Crippen molar-refractivity contribution in [2.45, 2.75) is 39.7 Å². The number of rotatable bonds is 0. The number of ether oxygens (including phenoxy) is 1. The normalized spacial score (nSPS) is 41.5. The number of carbonyl (C=O) groups excluding carboxylic acids is 1. The van der Waals surface area contributed by atoms with Crippen LogP contribution < -0.4 is 0 Å². The average Bonchev–Trinajstić information content (AvgIpc) is 2.20. The maximum Gasteiger partial charge on any atom is 0.307 e. The highest BCUT2D eigenvalue weighted by molar-refractivity contribution is 5.73. The summed E-state index contributed by atoms with van der Waals surface area (Å²) in [5.74, 6) is -0.0464. The summed E-state index contributed by atoms with van der Waals surface area (Å²) in [6, 6.07) is 0. The minimum atomic E-state index is -0.0464. The summed E-state index contributed by atoms with van der Waals surface area (Å²) in [6.45, 7) is 6.55. The van der Waals surface area contributed by atoms with Crippen LogP contribution in [0.4, 0.5) is 0 Å². The molecule has 1 heterocycles. The van der Waals surface area contributed by atoms with Gasteiger partial charge in [0.05, 0.1) is 6.42 Å². The minimum absolute atomic E-state index is 0.0213. The Bertz CT molecular complexity index is 278. The molecule has 1 aliphatic heterocycles. The van der Waals surface area contributed by atoms with Crippen molar-refractivity contribution in [3.8, 4) is 0 Å². The Labute approximate surface area is 79.0 Å². The SMILES string of the molecule is CC1(C)C=CC2OC(=O)CC2(C)C1. The molecule has 0 radical (unpaired) electrons. The monoisotopic (exact) mass is 180 g/mol. The lowest BCUT2D eigenvalue weighted by Gasteiger charge is -2.38. The van der Waals surface area contributed by atoms with Gasteiger partial charge in [-0.05, 0) is 17.9 Å². The largest absolute Gasteiger partial charge is 0.457 e. The number of hydrogen-bond acceptors (Lipinski definition) is 2. The molecule has 0 aromatic rings. The second kappa shape index (κ2) is 2.37. The smallest absolute Gasteiger partial charge is 0.307 e. The van der Waals surface area contributed by atoms with Crippen LogP contribution in [0.1, 0.15) is 33.6 Å². The van der Waals surface area contributed by atoms with Gasteiger partial charge in [0, 0.05) is 5.41 Å². The third-order valence-electron chi connectivity index (χ3n) is 3.08. The van der Waals surface area contributed by atoms with E-state index in [9.17, 15) is 4.79 Å². The number of esters is 1. The maximum atomic E-state index is 11.2. The summed E-state index contributed by atoms with van der Waals surface area (Å²) >= 11 is 0. The standard InChI is InChI=1S/C11H16O2/c1-10(2)5-4-8-11(3,7-10)6-9(12)13-8/h4-5,8H,6-7H2,1-3H3. The van der Waals surface area contributed by atoms with Crippen LogP contribution in [0.25, 0.3) is 0 Å². The van der Waals surface area contributed by atoms with E-state index in [1.165, 1.54) is 0 Å². The molecule has 2 aliphatic rings. The van der Waals surface area contributed by atoms with Crippen LogP contribution in [-0.4, -0.2) is 12.1 Å². The van der Waals surface area contributed by atoms with Crippen molar-refractivity contribution >= 4 is 5.97 Å². The molecule has 0 amide bonds. The van der Waals surface area contributed by atoms with Gasteiger partial charge >= 0.3 is 5.97 Å². The summed E-state index contributed by atoms with van der Waals surface area (Å²) in [7, 11) is 0. The van der Waals surface area contributed by atoms with E-state index in [2.05, 4.69) is 32.9 Å². The number of hydrogen-bond donors (Lipinski definition) is 0. The molecule has 2 unspecified atom stereocenters. The molecule has 1 fully saturated rings. The molecule has 0 aromatic heterocycles. The van der Waals surface area contributed by atoms with E-state index in [4.69, 9.17) is 4.74 Å². The van der Waals surface area contributed by atoms with Gasteiger partial charge in [0.15, 0.2) is 0 Å². The predicted molar refractivity (Wildman–Crippen MR) is 50.1 cm³/mol. The third kappa shape index (κ3) is 1.38. The van der Waals surface area contributed by atoms with Crippen LogP contribution in [0.5, 0.6) is 0 Å². The van der Waals surface area contributed by atoms with Crippen molar-refractivity contribution in [2.24, 2.45) is 10.8 Å². The third-order valence-corrected chi connectivity index (χ3v) is 3.08. The van der Waals surface area contributed by atoms with Crippen molar-refractivity contribution in [3.05, 3.63) is 12.2 Å². The van der Waals surface area contributed by atoms with Gasteiger partial charge in [-0.3, -0.25) is 4.79 Å². The van der Waals surface area contributed by atoms with Crippen LogP contribution in [0.3, 0.4) is 0 Å². The topological polar surface area (TPSA) is 26.3 Å². The molecular formula is C11H16O2. The van der Waals surface area contributed by atoms with E-state index >= 15 is 0 Å². The molecule has 0 bridgehead atoms. The van der Waals surface area contributed by atoms with Crippen molar-refractivity contribution in [1.82, 2.24) is 0 Å². The Morgan fingerprint density at radius 3 is 2.85 bits per heavy atom. The zero-order valence-electron chi connectivity index (χ0n) is 8.46. The summed E-state index contributed by atoms with van der Waals surface area (Å²) in [5, 5.41) is 0. The van der Waals surface area contributed by atoms with Gasteiger partial charge in [0.2, 0.25) is 0 Å². The highest BCUT2D eigenvalue weighted by Crippen LogP contribution is 2.48. The zero-order chi connectivity index (χ0) is 9.69. The molecule has 1 aliphatic carbocycles. The summed E-state index contributed by atoms with van der Waals surface area (Å²) < 4.78 is 5.24. The lowest BCUT2D eigenvalue weighted by Crippen LogP contribution is -2.35. The van der Waals surface area contributed by atoms with E-state index in [1.807, 2.05) is 0 Å². The van der Waals surface area contributed by atoms with Crippen LogP contribution in [0, 0.1) is 10.8 Å². The summed E-state index contributed by atoms with van der Waals surface area (Å²) in [5.41, 5.74) is 0.245. The molecule has 0 saturated carbocycles. The van der Waals surface area contributed by atoms with Gasteiger partial charge in [-0.25, -0.2) is 0 Å². The summed E-state index contributed by atoms with van der Waals surface area (Å²) in [4.78, 5) is 11.2. The lowest BCUT2D eigenvalue weighted by molar-refractivity contribution is -0.140. The molecule has 2 rings (SSSR count). The van der Waals surface area contributed by atoms with E-state index in [0.29, 0.717) is 6.42 Å². The Morgan fingerprint density at radius 1 is 1.46 bits per heavy atom. The van der Waals surface area contributed by atoms with Gasteiger partial charge in [-0.15, -0.1) is 0 Å². The molecule has 72 valence electrons. The molecule has 1 saturated heterocycles. The Morgan fingerprint density at radius 2 is 2.15 bits per heavy atom. The first-order chi connectivity index (χ1) is 5.91. The molecule has 2 heteroatoms. The van der Waals surface area contributed by atoms with E-state index in [1.54, 1.807) is 0 Å². The fourth-order valence-corrected chi connectivity index (χ4v) is 2.64. The van der Waals surface area contributed by atoms with Gasteiger partial charge in [0.1, 0.15) is 6.10 Å². The highest BCUT2D eigenvalue weighted by Gasteiger charge is 2.48. The van der Waals surface area contributed by atoms with Crippen LogP contribution in [0.15, 0.2) is 12.2 Å². The van der Waals surface area contributed by atoms with E-state index in [0.717, 1.165) is 6.42 Å². The van der Waals surface area contributed by atoms with Gasteiger partial charge in [-0.1, -0.05) is 26.8 Å². The van der Waals surface area contributed by atoms with Gasteiger partial charge in [0.25, 0.3) is 0 Å². The zero-order valence-corrected chi connectivity index (χ0v) is 8.46. The van der Waals surface area contributed by atoms with Crippen molar-refractivity contribution in [1.29, 1.82) is 0 Å². The van der Waals surface area contributed by atoms with Crippen LogP contribution >= 0.6 is 0 Å². The summed E-state index contributed by atoms with van der Waals surface area (Å²) in [6.07, 6.45) is 5.85. The first-order valence-corrected chi connectivity index (χ1v) is 4.80. The number of allylic oxidation sites excluding steroid dienone is 1. The molecule has 0 N–H and O–H groups in total.